The lowest BCUT2D eigenvalue weighted by Crippen LogP contribution is -2.41. The first-order valence-corrected chi connectivity index (χ1v) is 7.60. The molecule has 2 aliphatic rings. The van der Waals surface area contributed by atoms with Gasteiger partial charge >= 0.3 is 7.12 Å². The molecule has 3 rings (SSSR count). The molecule has 1 saturated heterocycles. The third-order valence-electron chi connectivity index (χ3n) is 4.39. The first-order valence-electron chi connectivity index (χ1n) is 6.81. The molecule has 0 spiro atoms. The molecule has 19 heavy (non-hydrogen) atoms. The summed E-state index contributed by atoms with van der Waals surface area (Å²) in [5.74, 6) is 0.585. The van der Waals surface area contributed by atoms with Gasteiger partial charge in [0.2, 0.25) is 0 Å². The zero-order valence-electron chi connectivity index (χ0n) is 11.9. The van der Waals surface area contributed by atoms with Crippen LogP contribution in [0.3, 0.4) is 0 Å². The highest BCUT2D eigenvalue weighted by Gasteiger charge is 2.53. The van der Waals surface area contributed by atoms with Gasteiger partial charge in [0.05, 0.1) is 11.2 Å². The predicted octanol–water partition coefficient (Wildman–Crippen LogP) is 3.02. The molecule has 0 aromatic carbocycles. The Bertz CT molecular complexity index is 498. The van der Waals surface area contributed by atoms with Crippen molar-refractivity contribution >= 4 is 28.5 Å². The van der Waals surface area contributed by atoms with Crippen LogP contribution >= 0.6 is 15.9 Å². The molecule has 1 saturated carbocycles. The Morgan fingerprint density at radius 3 is 2.32 bits per heavy atom. The van der Waals surface area contributed by atoms with E-state index in [2.05, 4.69) is 54.7 Å². The fourth-order valence-corrected chi connectivity index (χ4v) is 2.67. The Morgan fingerprint density at radius 1 is 1.21 bits per heavy atom. The van der Waals surface area contributed by atoms with Gasteiger partial charge < -0.3 is 9.31 Å². The van der Waals surface area contributed by atoms with Crippen LogP contribution in [0.4, 0.5) is 0 Å². The number of rotatable bonds is 2. The van der Waals surface area contributed by atoms with Crippen LogP contribution in [0.25, 0.3) is 0 Å². The smallest absolute Gasteiger partial charge is 0.399 e. The predicted molar refractivity (Wildman–Crippen MR) is 79.6 cm³/mol. The van der Waals surface area contributed by atoms with Gasteiger partial charge in [-0.1, -0.05) is 0 Å². The highest BCUT2D eigenvalue weighted by Crippen LogP contribution is 2.41. The molecule has 0 unspecified atom stereocenters. The summed E-state index contributed by atoms with van der Waals surface area (Å²) in [4.78, 5) is 4.57. The summed E-state index contributed by atoms with van der Waals surface area (Å²) in [5.41, 5.74) is 1.61. The Hall–Kier alpha value is -0.385. The lowest BCUT2D eigenvalue weighted by atomic mass is 9.77. The summed E-state index contributed by atoms with van der Waals surface area (Å²) >= 11 is 3.50. The second-order valence-electron chi connectivity index (χ2n) is 6.49. The number of hydrogen-bond acceptors (Lipinski definition) is 3. The first kappa shape index (κ1) is 13.6. The summed E-state index contributed by atoms with van der Waals surface area (Å²) in [6.07, 6.45) is 4.31. The molecule has 1 aromatic heterocycles. The van der Waals surface area contributed by atoms with Crippen molar-refractivity contribution in [2.45, 2.75) is 57.7 Å². The molecule has 0 bridgehead atoms. The number of nitrogens with zero attached hydrogens (tertiary/aromatic N) is 1. The summed E-state index contributed by atoms with van der Waals surface area (Å²) in [5, 5.41) is 0. The van der Waals surface area contributed by atoms with E-state index >= 15 is 0 Å². The Kier molecular flexibility index (Phi) is 3.08. The number of halogens is 1. The monoisotopic (exact) mass is 323 g/mol. The lowest BCUT2D eigenvalue weighted by Gasteiger charge is -2.32. The molecular weight excluding hydrogens is 305 g/mol. The molecular formula is C14H19BBrNO2. The lowest BCUT2D eigenvalue weighted by molar-refractivity contribution is 0.00578. The zero-order chi connectivity index (χ0) is 13.8. The van der Waals surface area contributed by atoms with Crippen LogP contribution < -0.4 is 5.46 Å². The molecule has 0 amide bonds. The van der Waals surface area contributed by atoms with Crippen molar-refractivity contribution in [3.63, 3.8) is 0 Å². The molecule has 1 aliphatic heterocycles. The van der Waals surface area contributed by atoms with Gasteiger partial charge in [0.15, 0.2) is 0 Å². The van der Waals surface area contributed by atoms with Gasteiger partial charge in [-0.05, 0) is 62.5 Å². The second kappa shape index (κ2) is 4.30. The van der Waals surface area contributed by atoms with E-state index in [1.807, 2.05) is 6.20 Å². The Balaban J connectivity index is 1.97. The van der Waals surface area contributed by atoms with Crippen molar-refractivity contribution in [3.8, 4) is 0 Å². The van der Waals surface area contributed by atoms with Crippen LogP contribution in [0, 0.1) is 0 Å². The molecule has 2 heterocycles. The molecule has 0 N–H and O–H groups in total. The van der Waals surface area contributed by atoms with E-state index < -0.39 is 0 Å². The van der Waals surface area contributed by atoms with Crippen LogP contribution in [0.2, 0.25) is 0 Å². The Morgan fingerprint density at radius 2 is 1.79 bits per heavy atom. The van der Waals surface area contributed by atoms with Crippen molar-refractivity contribution < 1.29 is 9.31 Å². The van der Waals surface area contributed by atoms with Crippen LogP contribution in [0.15, 0.2) is 16.7 Å². The van der Waals surface area contributed by atoms with Gasteiger partial charge in [-0.2, -0.15) is 0 Å². The highest BCUT2D eigenvalue weighted by atomic mass is 79.9. The second-order valence-corrected chi connectivity index (χ2v) is 7.41. The van der Waals surface area contributed by atoms with E-state index in [0.29, 0.717) is 5.92 Å². The van der Waals surface area contributed by atoms with Gasteiger partial charge in [-0.25, -0.2) is 0 Å². The average Bonchev–Trinajstić information content (AvgIpc) is 3.07. The summed E-state index contributed by atoms with van der Waals surface area (Å²) < 4.78 is 13.3. The number of pyridine rings is 1. The third-order valence-corrected chi connectivity index (χ3v) is 4.82. The molecule has 5 heteroatoms. The standard InChI is InChI=1S/C14H19BBrNO2/c1-13(2)14(3,4)19-15(18-13)11-7-10(16)8-17-12(11)9-5-6-9/h7-9H,5-6H2,1-4H3. The quantitative estimate of drug-likeness (QED) is 0.784. The summed E-state index contributed by atoms with van der Waals surface area (Å²) in [7, 11) is -0.314. The average molecular weight is 324 g/mol. The van der Waals surface area contributed by atoms with E-state index in [1.165, 1.54) is 12.8 Å². The topological polar surface area (TPSA) is 31.4 Å². The van der Waals surface area contributed by atoms with Gasteiger partial charge in [-0.15, -0.1) is 0 Å². The first-order chi connectivity index (χ1) is 8.80. The zero-order valence-corrected chi connectivity index (χ0v) is 13.5. The van der Waals surface area contributed by atoms with Crippen LogP contribution in [0.5, 0.6) is 0 Å². The molecule has 1 aliphatic carbocycles. The fourth-order valence-electron chi connectivity index (χ4n) is 2.32. The molecule has 2 fully saturated rings. The highest BCUT2D eigenvalue weighted by molar-refractivity contribution is 9.10. The van der Waals surface area contributed by atoms with Gasteiger partial charge in [0, 0.05) is 27.7 Å². The summed E-state index contributed by atoms with van der Waals surface area (Å²) in [6, 6.07) is 2.09. The van der Waals surface area contributed by atoms with Crippen molar-refractivity contribution in [2.24, 2.45) is 0 Å². The van der Waals surface area contributed by atoms with E-state index in [4.69, 9.17) is 9.31 Å². The Labute approximate surface area is 123 Å². The van der Waals surface area contributed by atoms with Gasteiger partial charge in [0.1, 0.15) is 0 Å². The minimum atomic E-state index is -0.314. The third kappa shape index (κ3) is 2.37. The molecule has 3 nitrogen and oxygen atoms in total. The van der Waals surface area contributed by atoms with Crippen LogP contribution in [0.1, 0.15) is 52.1 Å². The normalized spacial score (nSPS) is 24.8. The van der Waals surface area contributed by atoms with E-state index in [9.17, 15) is 0 Å². The largest absolute Gasteiger partial charge is 0.496 e. The van der Waals surface area contributed by atoms with Gasteiger partial charge in [-0.3, -0.25) is 4.98 Å². The molecule has 0 atom stereocenters. The SMILES string of the molecule is CC1(C)OB(c2cc(Br)cnc2C2CC2)OC1(C)C. The van der Waals surface area contributed by atoms with Crippen molar-refractivity contribution in [1.29, 1.82) is 0 Å². The number of aromatic nitrogens is 1. The van der Waals surface area contributed by atoms with Crippen LogP contribution in [-0.4, -0.2) is 23.3 Å². The minimum absolute atomic E-state index is 0.305. The van der Waals surface area contributed by atoms with Crippen LogP contribution in [-0.2, 0) is 9.31 Å². The maximum atomic E-state index is 6.14. The van der Waals surface area contributed by atoms with E-state index in [1.54, 1.807) is 0 Å². The molecule has 0 radical (unpaired) electrons. The van der Waals surface area contributed by atoms with Crippen molar-refractivity contribution in [1.82, 2.24) is 4.98 Å². The van der Waals surface area contributed by atoms with Crippen molar-refractivity contribution in [2.75, 3.05) is 0 Å². The fraction of sp³-hybridized carbons (Fsp3) is 0.643. The maximum absolute atomic E-state index is 6.14. The minimum Gasteiger partial charge on any atom is -0.399 e. The molecule has 1 aromatic rings. The maximum Gasteiger partial charge on any atom is 0.496 e. The van der Waals surface area contributed by atoms with E-state index in [-0.39, 0.29) is 18.3 Å². The van der Waals surface area contributed by atoms with Gasteiger partial charge in [0.25, 0.3) is 0 Å². The number of hydrogen-bond donors (Lipinski definition) is 0. The molecule has 102 valence electrons. The van der Waals surface area contributed by atoms with Crippen molar-refractivity contribution in [3.05, 3.63) is 22.4 Å². The van der Waals surface area contributed by atoms with E-state index in [0.717, 1.165) is 15.6 Å². The summed E-state index contributed by atoms with van der Waals surface area (Å²) in [6.45, 7) is 8.31.